The van der Waals surface area contributed by atoms with Gasteiger partial charge in [-0.2, -0.15) is 0 Å². The number of rotatable bonds is 2. The Bertz CT molecular complexity index is 342. The number of nitrogens with two attached hydrogens (primary N) is 1. The van der Waals surface area contributed by atoms with E-state index in [0.29, 0.717) is 0 Å². The molecule has 3 heteroatoms. The van der Waals surface area contributed by atoms with Gasteiger partial charge in [0.15, 0.2) is 0 Å². The molecule has 1 aromatic heterocycles. The van der Waals surface area contributed by atoms with E-state index in [2.05, 4.69) is 11.1 Å². The SMILES string of the molecule is NC1(C2(c3ccccn3)COC2)CC1. The van der Waals surface area contributed by atoms with Crippen molar-refractivity contribution in [3.05, 3.63) is 30.1 Å². The molecule has 0 spiro atoms. The second-order valence-electron chi connectivity index (χ2n) is 4.45. The highest BCUT2D eigenvalue weighted by Crippen LogP contribution is 2.52. The summed E-state index contributed by atoms with van der Waals surface area (Å²) in [5, 5.41) is 0. The van der Waals surface area contributed by atoms with Gasteiger partial charge in [-0.15, -0.1) is 0 Å². The number of aromatic nitrogens is 1. The maximum atomic E-state index is 6.30. The van der Waals surface area contributed by atoms with Crippen LogP contribution in [-0.4, -0.2) is 23.7 Å². The quantitative estimate of drug-likeness (QED) is 0.751. The first-order valence-electron chi connectivity index (χ1n) is 5.05. The highest BCUT2D eigenvalue weighted by molar-refractivity contribution is 5.32. The van der Waals surface area contributed by atoms with Gasteiger partial charge in [-0.3, -0.25) is 4.98 Å². The Morgan fingerprint density at radius 2 is 2.07 bits per heavy atom. The summed E-state index contributed by atoms with van der Waals surface area (Å²) in [6.45, 7) is 1.47. The van der Waals surface area contributed by atoms with Crippen LogP contribution >= 0.6 is 0 Å². The Morgan fingerprint density at radius 1 is 1.29 bits per heavy atom. The van der Waals surface area contributed by atoms with Crippen molar-refractivity contribution in [2.24, 2.45) is 5.73 Å². The zero-order valence-electron chi connectivity index (χ0n) is 8.07. The lowest BCUT2D eigenvalue weighted by molar-refractivity contribution is -0.0807. The maximum absolute atomic E-state index is 6.30. The monoisotopic (exact) mass is 190 g/mol. The highest BCUT2D eigenvalue weighted by atomic mass is 16.5. The van der Waals surface area contributed by atoms with E-state index in [9.17, 15) is 0 Å². The van der Waals surface area contributed by atoms with Crippen molar-refractivity contribution in [1.29, 1.82) is 0 Å². The summed E-state index contributed by atoms with van der Waals surface area (Å²) in [6.07, 6.45) is 4.04. The van der Waals surface area contributed by atoms with E-state index >= 15 is 0 Å². The van der Waals surface area contributed by atoms with Crippen LogP contribution in [0, 0.1) is 0 Å². The van der Waals surface area contributed by atoms with Crippen LogP contribution in [0.2, 0.25) is 0 Å². The maximum Gasteiger partial charge on any atom is 0.0771 e. The first-order chi connectivity index (χ1) is 6.77. The van der Waals surface area contributed by atoms with Crippen LogP contribution in [0.25, 0.3) is 0 Å². The molecule has 0 bridgehead atoms. The van der Waals surface area contributed by atoms with E-state index in [1.54, 1.807) is 0 Å². The minimum absolute atomic E-state index is 0.00819. The van der Waals surface area contributed by atoms with Crippen LogP contribution in [0.3, 0.4) is 0 Å². The van der Waals surface area contributed by atoms with Gasteiger partial charge in [0.05, 0.1) is 24.3 Å². The molecule has 0 atom stereocenters. The molecule has 14 heavy (non-hydrogen) atoms. The van der Waals surface area contributed by atoms with E-state index in [4.69, 9.17) is 10.5 Å². The predicted molar refractivity (Wildman–Crippen MR) is 52.9 cm³/mol. The van der Waals surface area contributed by atoms with Crippen LogP contribution in [0.5, 0.6) is 0 Å². The zero-order chi connectivity index (χ0) is 9.65. The molecule has 0 unspecified atom stereocenters. The molecule has 1 saturated heterocycles. The molecule has 1 saturated carbocycles. The molecule has 1 aliphatic carbocycles. The van der Waals surface area contributed by atoms with Crippen molar-refractivity contribution >= 4 is 0 Å². The van der Waals surface area contributed by atoms with Crippen molar-refractivity contribution in [2.45, 2.75) is 23.8 Å². The molecule has 1 aromatic rings. The third kappa shape index (κ3) is 0.913. The summed E-state index contributed by atoms with van der Waals surface area (Å²) in [5.74, 6) is 0. The van der Waals surface area contributed by atoms with E-state index in [-0.39, 0.29) is 11.0 Å². The fraction of sp³-hybridized carbons (Fsp3) is 0.545. The van der Waals surface area contributed by atoms with E-state index in [1.807, 2.05) is 18.3 Å². The van der Waals surface area contributed by atoms with Crippen LogP contribution < -0.4 is 5.73 Å². The summed E-state index contributed by atoms with van der Waals surface area (Å²) in [6, 6.07) is 6.02. The molecule has 1 aliphatic heterocycles. The van der Waals surface area contributed by atoms with Crippen LogP contribution in [0.15, 0.2) is 24.4 Å². The number of pyridine rings is 1. The highest BCUT2D eigenvalue weighted by Gasteiger charge is 2.62. The average molecular weight is 190 g/mol. The molecular formula is C11H14N2O. The Balaban J connectivity index is 2.02. The number of hydrogen-bond acceptors (Lipinski definition) is 3. The Labute approximate surface area is 83.3 Å². The average Bonchev–Trinajstić information content (AvgIpc) is 2.84. The number of hydrogen-bond donors (Lipinski definition) is 1. The predicted octanol–water partition coefficient (Wildman–Crippen LogP) is 0.841. The molecule has 3 rings (SSSR count). The summed E-state index contributed by atoms with van der Waals surface area (Å²) < 4.78 is 5.34. The van der Waals surface area contributed by atoms with Gasteiger partial charge in [0.25, 0.3) is 0 Å². The molecule has 2 heterocycles. The van der Waals surface area contributed by atoms with E-state index < -0.39 is 0 Å². The van der Waals surface area contributed by atoms with E-state index in [0.717, 1.165) is 31.7 Å². The third-order valence-corrected chi connectivity index (χ3v) is 3.59. The first-order valence-corrected chi connectivity index (χ1v) is 5.05. The third-order valence-electron chi connectivity index (χ3n) is 3.59. The van der Waals surface area contributed by atoms with Gasteiger partial charge >= 0.3 is 0 Å². The number of ether oxygens (including phenoxy) is 1. The fourth-order valence-electron chi connectivity index (χ4n) is 2.26. The second kappa shape index (κ2) is 2.55. The summed E-state index contributed by atoms with van der Waals surface area (Å²) >= 11 is 0. The minimum atomic E-state index is -0.0421. The van der Waals surface area contributed by atoms with Crippen molar-refractivity contribution in [3.63, 3.8) is 0 Å². The molecule has 2 aliphatic rings. The summed E-state index contributed by atoms with van der Waals surface area (Å²) in [4.78, 5) is 4.42. The lowest BCUT2D eigenvalue weighted by Crippen LogP contribution is -2.61. The summed E-state index contributed by atoms with van der Waals surface area (Å²) in [7, 11) is 0. The van der Waals surface area contributed by atoms with Crippen molar-refractivity contribution in [1.82, 2.24) is 4.98 Å². The van der Waals surface area contributed by atoms with Crippen LogP contribution in [0.1, 0.15) is 18.5 Å². The Kier molecular flexibility index (Phi) is 1.53. The number of nitrogens with zero attached hydrogens (tertiary/aromatic N) is 1. The molecule has 0 aromatic carbocycles. The molecule has 3 nitrogen and oxygen atoms in total. The lowest BCUT2D eigenvalue weighted by atomic mass is 9.73. The smallest absolute Gasteiger partial charge is 0.0771 e. The van der Waals surface area contributed by atoms with Gasteiger partial charge in [-0.05, 0) is 25.0 Å². The molecule has 2 fully saturated rings. The fourth-order valence-corrected chi connectivity index (χ4v) is 2.26. The molecule has 0 amide bonds. The van der Waals surface area contributed by atoms with Crippen molar-refractivity contribution in [3.8, 4) is 0 Å². The molecule has 2 N–H and O–H groups in total. The van der Waals surface area contributed by atoms with Crippen molar-refractivity contribution < 1.29 is 4.74 Å². The molecule has 0 radical (unpaired) electrons. The topological polar surface area (TPSA) is 48.1 Å². The van der Waals surface area contributed by atoms with Gasteiger partial charge in [-0.1, -0.05) is 6.07 Å². The van der Waals surface area contributed by atoms with Crippen LogP contribution in [0.4, 0.5) is 0 Å². The second-order valence-corrected chi connectivity index (χ2v) is 4.45. The van der Waals surface area contributed by atoms with Crippen molar-refractivity contribution in [2.75, 3.05) is 13.2 Å². The first kappa shape index (κ1) is 8.38. The van der Waals surface area contributed by atoms with Gasteiger partial charge in [0.2, 0.25) is 0 Å². The van der Waals surface area contributed by atoms with Crippen LogP contribution in [-0.2, 0) is 10.2 Å². The largest absolute Gasteiger partial charge is 0.379 e. The standard InChI is InChI=1S/C11H14N2O/c12-11(4-5-11)10(7-14-8-10)9-3-1-2-6-13-9/h1-3,6H,4-5,7-8,12H2. The van der Waals surface area contributed by atoms with Gasteiger partial charge < -0.3 is 10.5 Å². The van der Waals surface area contributed by atoms with Gasteiger partial charge in [-0.25, -0.2) is 0 Å². The molecular weight excluding hydrogens is 176 g/mol. The van der Waals surface area contributed by atoms with Gasteiger partial charge in [0, 0.05) is 11.7 Å². The Hall–Kier alpha value is -0.930. The Morgan fingerprint density at radius 3 is 2.50 bits per heavy atom. The zero-order valence-corrected chi connectivity index (χ0v) is 8.07. The minimum Gasteiger partial charge on any atom is -0.379 e. The lowest BCUT2D eigenvalue weighted by Gasteiger charge is -2.45. The van der Waals surface area contributed by atoms with Gasteiger partial charge in [0.1, 0.15) is 0 Å². The normalized spacial score (nSPS) is 26.6. The summed E-state index contributed by atoms with van der Waals surface area (Å²) in [5.41, 5.74) is 7.37. The molecule has 74 valence electrons. The van der Waals surface area contributed by atoms with E-state index in [1.165, 1.54) is 0 Å².